The van der Waals surface area contributed by atoms with Crippen molar-refractivity contribution in [3.63, 3.8) is 0 Å². The molecular formula is C17H29FN2O. The Morgan fingerprint density at radius 2 is 1.57 bits per heavy atom. The number of hydrogen-bond acceptors (Lipinski definition) is 3. The molecule has 0 aliphatic heterocycles. The molecule has 1 aromatic rings. The maximum Gasteiger partial charge on any atom is 0.129 e. The zero-order valence-electron chi connectivity index (χ0n) is 13.6. The average Bonchev–Trinajstić information content (AvgIpc) is 2.50. The standard InChI is InChI=1S/C17H29FN2O/c1-4-19(5-2)12-9-13-20(6-3)14-17(21)15-10-7-8-11-16(15)18/h7-8,10-11,17,21H,4-6,9,12-14H2,1-3H3. The minimum atomic E-state index is -0.764. The highest BCUT2D eigenvalue weighted by Crippen LogP contribution is 2.17. The molecule has 3 nitrogen and oxygen atoms in total. The lowest BCUT2D eigenvalue weighted by Crippen LogP contribution is -2.32. The number of aliphatic hydroxyl groups excluding tert-OH is 1. The molecule has 0 heterocycles. The number of likely N-dealkylation sites (N-methyl/N-ethyl adjacent to an activating group) is 1. The lowest BCUT2D eigenvalue weighted by molar-refractivity contribution is 0.110. The molecule has 1 unspecified atom stereocenters. The predicted molar refractivity (Wildman–Crippen MR) is 85.9 cm³/mol. The van der Waals surface area contributed by atoms with E-state index in [4.69, 9.17) is 0 Å². The van der Waals surface area contributed by atoms with Gasteiger partial charge in [-0.1, -0.05) is 39.0 Å². The number of benzene rings is 1. The van der Waals surface area contributed by atoms with Crippen molar-refractivity contribution >= 4 is 0 Å². The second-order valence-electron chi connectivity index (χ2n) is 5.31. The van der Waals surface area contributed by atoms with Crippen LogP contribution < -0.4 is 0 Å². The van der Waals surface area contributed by atoms with Crippen LogP contribution in [-0.4, -0.2) is 54.2 Å². The third-order valence-electron chi connectivity index (χ3n) is 3.99. The van der Waals surface area contributed by atoms with E-state index >= 15 is 0 Å². The highest BCUT2D eigenvalue weighted by molar-refractivity contribution is 5.19. The van der Waals surface area contributed by atoms with Crippen LogP contribution >= 0.6 is 0 Å². The van der Waals surface area contributed by atoms with Gasteiger partial charge in [-0.25, -0.2) is 4.39 Å². The first-order valence-electron chi connectivity index (χ1n) is 7.99. The number of rotatable bonds is 10. The van der Waals surface area contributed by atoms with Gasteiger partial charge in [0.2, 0.25) is 0 Å². The van der Waals surface area contributed by atoms with Crippen LogP contribution in [0.15, 0.2) is 24.3 Å². The van der Waals surface area contributed by atoms with E-state index in [0.29, 0.717) is 12.1 Å². The molecule has 4 heteroatoms. The molecule has 0 saturated heterocycles. The van der Waals surface area contributed by atoms with Crippen molar-refractivity contribution in [3.8, 4) is 0 Å². The minimum Gasteiger partial charge on any atom is -0.387 e. The van der Waals surface area contributed by atoms with Crippen LogP contribution in [-0.2, 0) is 0 Å². The molecule has 1 N–H and O–H groups in total. The van der Waals surface area contributed by atoms with Crippen molar-refractivity contribution in [1.29, 1.82) is 0 Å². The normalized spacial score (nSPS) is 13.1. The summed E-state index contributed by atoms with van der Waals surface area (Å²) in [6.45, 7) is 11.9. The highest BCUT2D eigenvalue weighted by Gasteiger charge is 2.15. The SMILES string of the molecule is CCN(CC)CCCN(CC)CC(O)c1ccccc1F. The Bertz CT molecular complexity index is 396. The summed E-state index contributed by atoms with van der Waals surface area (Å²) < 4.78 is 13.7. The van der Waals surface area contributed by atoms with Crippen LogP contribution in [0.2, 0.25) is 0 Å². The van der Waals surface area contributed by atoms with Gasteiger partial charge in [0.05, 0.1) is 6.10 Å². The summed E-state index contributed by atoms with van der Waals surface area (Å²) in [5.74, 6) is -0.329. The van der Waals surface area contributed by atoms with Crippen LogP contribution in [0.3, 0.4) is 0 Å². The van der Waals surface area contributed by atoms with Gasteiger partial charge in [0, 0.05) is 12.1 Å². The van der Waals surface area contributed by atoms with Crippen LogP contribution in [0.4, 0.5) is 4.39 Å². The van der Waals surface area contributed by atoms with Crippen molar-refractivity contribution in [3.05, 3.63) is 35.6 Å². The van der Waals surface area contributed by atoms with Crippen molar-refractivity contribution in [2.24, 2.45) is 0 Å². The Balaban J connectivity index is 2.45. The Labute approximate surface area is 128 Å². The van der Waals surface area contributed by atoms with E-state index in [1.54, 1.807) is 18.2 Å². The van der Waals surface area contributed by atoms with Gasteiger partial charge in [-0.2, -0.15) is 0 Å². The van der Waals surface area contributed by atoms with Crippen LogP contribution in [0.1, 0.15) is 38.9 Å². The molecular weight excluding hydrogens is 267 g/mol. The van der Waals surface area contributed by atoms with Crippen LogP contribution in [0.25, 0.3) is 0 Å². The Hall–Kier alpha value is -0.970. The van der Waals surface area contributed by atoms with E-state index in [-0.39, 0.29) is 5.82 Å². The molecule has 0 amide bonds. The number of hydrogen-bond donors (Lipinski definition) is 1. The molecule has 0 radical (unpaired) electrons. The molecule has 0 fully saturated rings. The Kier molecular flexibility index (Phi) is 8.50. The lowest BCUT2D eigenvalue weighted by atomic mass is 10.1. The number of aliphatic hydroxyl groups is 1. The molecule has 0 aliphatic rings. The average molecular weight is 296 g/mol. The first-order valence-corrected chi connectivity index (χ1v) is 7.99. The minimum absolute atomic E-state index is 0.329. The fourth-order valence-electron chi connectivity index (χ4n) is 2.52. The molecule has 0 saturated carbocycles. The fraction of sp³-hybridized carbons (Fsp3) is 0.647. The lowest BCUT2D eigenvalue weighted by Gasteiger charge is -2.25. The smallest absolute Gasteiger partial charge is 0.129 e. The zero-order valence-corrected chi connectivity index (χ0v) is 13.6. The monoisotopic (exact) mass is 296 g/mol. The maximum atomic E-state index is 13.7. The van der Waals surface area contributed by atoms with Crippen molar-refractivity contribution in [1.82, 2.24) is 9.80 Å². The number of halogens is 1. The summed E-state index contributed by atoms with van der Waals surface area (Å²) in [5, 5.41) is 10.2. The third-order valence-corrected chi connectivity index (χ3v) is 3.99. The molecule has 1 rings (SSSR count). The molecule has 0 bridgehead atoms. The highest BCUT2D eigenvalue weighted by atomic mass is 19.1. The van der Waals surface area contributed by atoms with Gasteiger partial charge >= 0.3 is 0 Å². The summed E-state index contributed by atoms with van der Waals surface area (Å²) >= 11 is 0. The van der Waals surface area contributed by atoms with Gasteiger partial charge in [-0.05, 0) is 45.2 Å². The molecule has 120 valence electrons. The summed E-state index contributed by atoms with van der Waals surface area (Å²) in [7, 11) is 0. The van der Waals surface area contributed by atoms with Crippen LogP contribution in [0.5, 0.6) is 0 Å². The third kappa shape index (κ3) is 6.12. The second kappa shape index (κ2) is 9.87. The number of nitrogens with zero attached hydrogens (tertiary/aromatic N) is 2. The summed E-state index contributed by atoms with van der Waals surface area (Å²) in [6.07, 6.45) is 0.305. The van der Waals surface area contributed by atoms with Gasteiger partial charge < -0.3 is 14.9 Å². The van der Waals surface area contributed by atoms with E-state index < -0.39 is 6.10 Å². The van der Waals surface area contributed by atoms with E-state index in [2.05, 4.69) is 30.6 Å². The largest absolute Gasteiger partial charge is 0.387 e. The van der Waals surface area contributed by atoms with E-state index in [1.165, 1.54) is 6.07 Å². The van der Waals surface area contributed by atoms with Gasteiger partial charge in [0.15, 0.2) is 0 Å². The summed E-state index contributed by atoms with van der Waals surface area (Å²) in [6, 6.07) is 6.46. The van der Waals surface area contributed by atoms with E-state index in [9.17, 15) is 9.50 Å². The van der Waals surface area contributed by atoms with Gasteiger partial charge in [-0.15, -0.1) is 0 Å². The first kappa shape index (κ1) is 18.1. The molecule has 0 aromatic heterocycles. The molecule has 1 atom stereocenters. The topological polar surface area (TPSA) is 26.7 Å². The van der Waals surface area contributed by atoms with Gasteiger partial charge in [0.1, 0.15) is 5.82 Å². The van der Waals surface area contributed by atoms with E-state index in [1.807, 2.05) is 0 Å². The summed E-state index contributed by atoms with van der Waals surface area (Å²) in [5.41, 5.74) is 0.389. The first-order chi connectivity index (χ1) is 10.1. The molecule has 0 spiro atoms. The van der Waals surface area contributed by atoms with Gasteiger partial charge in [0.25, 0.3) is 0 Å². The zero-order chi connectivity index (χ0) is 15.7. The maximum absolute atomic E-state index is 13.7. The van der Waals surface area contributed by atoms with Crippen molar-refractivity contribution in [2.75, 3.05) is 39.3 Å². The van der Waals surface area contributed by atoms with Crippen LogP contribution in [0, 0.1) is 5.82 Å². The van der Waals surface area contributed by atoms with Crippen molar-refractivity contribution in [2.45, 2.75) is 33.3 Å². The van der Waals surface area contributed by atoms with Crippen molar-refractivity contribution < 1.29 is 9.50 Å². The van der Waals surface area contributed by atoms with E-state index in [0.717, 1.165) is 39.1 Å². The fourth-order valence-corrected chi connectivity index (χ4v) is 2.52. The Morgan fingerprint density at radius 3 is 2.14 bits per heavy atom. The molecule has 1 aromatic carbocycles. The Morgan fingerprint density at radius 1 is 1.00 bits per heavy atom. The van der Waals surface area contributed by atoms with Gasteiger partial charge in [-0.3, -0.25) is 0 Å². The summed E-state index contributed by atoms with van der Waals surface area (Å²) in [4.78, 5) is 4.57. The predicted octanol–water partition coefficient (Wildman–Crippen LogP) is 2.91. The quantitative estimate of drug-likeness (QED) is 0.719. The molecule has 21 heavy (non-hydrogen) atoms. The second-order valence-corrected chi connectivity index (χ2v) is 5.31. The molecule has 0 aliphatic carbocycles.